The van der Waals surface area contributed by atoms with Crippen molar-refractivity contribution < 1.29 is 8.42 Å². The molecule has 5 heteroatoms. The predicted molar refractivity (Wildman–Crippen MR) is 93.1 cm³/mol. The highest BCUT2D eigenvalue weighted by molar-refractivity contribution is 7.89. The second-order valence-corrected chi connectivity index (χ2v) is 8.92. The first-order valence-corrected chi connectivity index (χ1v) is 10.2. The van der Waals surface area contributed by atoms with Crippen molar-refractivity contribution in [2.45, 2.75) is 56.9 Å². The average Bonchev–Trinajstić information content (AvgIpc) is 2.58. The van der Waals surface area contributed by atoms with Gasteiger partial charge >= 0.3 is 0 Å². The molecule has 1 aliphatic heterocycles. The van der Waals surface area contributed by atoms with Gasteiger partial charge in [0.25, 0.3) is 0 Å². The summed E-state index contributed by atoms with van der Waals surface area (Å²) < 4.78 is 27.3. The van der Waals surface area contributed by atoms with Gasteiger partial charge in [0.15, 0.2) is 0 Å². The van der Waals surface area contributed by atoms with Gasteiger partial charge in [0.2, 0.25) is 10.0 Å². The lowest BCUT2D eigenvalue weighted by Crippen LogP contribution is -2.52. The fraction of sp³-hybridized carbons (Fsp3) is 0.667. The van der Waals surface area contributed by atoms with Crippen LogP contribution in [0.25, 0.3) is 0 Å². The molecule has 0 aromatic heterocycles. The zero-order valence-corrected chi connectivity index (χ0v) is 15.1. The van der Waals surface area contributed by atoms with Crippen LogP contribution in [0.5, 0.6) is 0 Å². The Kier molecular flexibility index (Phi) is 5.09. The summed E-state index contributed by atoms with van der Waals surface area (Å²) in [6.45, 7) is 6.95. The van der Waals surface area contributed by atoms with Gasteiger partial charge in [-0.1, -0.05) is 25.3 Å². The maximum absolute atomic E-state index is 12.8. The summed E-state index contributed by atoms with van der Waals surface area (Å²) in [6, 6.07) is 6.12. The van der Waals surface area contributed by atoms with Gasteiger partial charge in [0, 0.05) is 32.2 Å². The summed E-state index contributed by atoms with van der Waals surface area (Å²) >= 11 is 0. The molecule has 1 saturated heterocycles. The number of hydrogen-bond acceptors (Lipinski definition) is 3. The second kappa shape index (κ2) is 6.91. The normalized spacial score (nSPS) is 22.3. The van der Waals surface area contributed by atoms with Gasteiger partial charge in [-0.15, -0.1) is 0 Å². The minimum Gasteiger partial charge on any atom is -0.298 e. The third kappa shape index (κ3) is 3.62. The van der Waals surface area contributed by atoms with Crippen LogP contribution in [0.15, 0.2) is 23.1 Å². The van der Waals surface area contributed by atoms with E-state index >= 15 is 0 Å². The van der Waals surface area contributed by atoms with E-state index in [1.165, 1.54) is 32.1 Å². The second-order valence-electron chi connectivity index (χ2n) is 6.98. The van der Waals surface area contributed by atoms with E-state index in [1.54, 1.807) is 16.4 Å². The van der Waals surface area contributed by atoms with Crippen molar-refractivity contribution in [2.75, 3.05) is 26.2 Å². The van der Waals surface area contributed by atoms with Crippen LogP contribution >= 0.6 is 0 Å². The molecule has 0 atom stereocenters. The molecular formula is C18H28N2O2S. The molecule has 0 amide bonds. The number of nitrogens with zero attached hydrogens (tertiary/aromatic N) is 2. The maximum atomic E-state index is 12.8. The van der Waals surface area contributed by atoms with E-state index in [1.807, 2.05) is 19.9 Å². The monoisotopic (exact) mass is 336 g/mol. The SMILES string of the molecule is Cc1ccc(S(=O)(=O)N2CCN(C3CCCCC3)CC2)cc1C. The van der Waals surface area contributed by atoms with Crippen LogP contribution in [-0.4, -0.2) is 49.8 Å². The van der Waals surface area contributed by atoms with Crippen molar-refractivity contribution in [2.24, 2.45) is 0 Å². The fourth-order valence-electron chi connectivity index (χ4n) is 3.78. The van der Waals surface area contributed by atoms with Gasteiger partial charge in [-0.25, -0.2) is 8.42 Å². The molecule has 0 unspecified atom stereocenters. The molecule has 0 spiro atoms. The Morgan fingerprint density at radius 2 is 1.57 bits per heavy atom. The van der Waals surface area contributed by atoms with Crippen molar-refractivity contribution >= 4 is 10.0 Å². The molecule has 3 rings (SSSR count). The molecule has 0 bridgehead atoms. The average molecular weight is 337 g/mol. The Labute approximate surface area is 140 Å². The largest absolute Gasteiger partial charge is 0.298 e. The lowest BCUT2D eigenvalue weighted by atomic mass is 9.94. The quantitative estimate of drug-likeness (QED) is 0.852. The van der Waals surface area contributed by atoms with Gasteiger partial charge in [0.1, 0.15) is 0 Å². The van der Waals surface area contributed by atoms with E-state index in [9.17, 15) is 8.42 Å². The van der Waals surface area contributed by atoms with Gasteiger partial charge in [-0.3, -0.25) is 4.90 Å². The van der Waals surface area contributed by atoms with Crippen LogP contribution in [0.3, 0.4) is 0 Å². The van der Waals surface area contributed by atoms with Crippen LogP contribution in [0, 0.1) is 13.8 Å². The number of sulfonamides is 1. The first-order chi connectivity index (χ1) is 11.0. The zero-order valence-electron chi connectivity index (χ0n) is 14.3. The van der Waals surface area contributed by atoms with Crippen LogP contribution in [0.4, 0.5) is 0 Å². The van der Waals surface area contributed by atoms with Crippen molar-refractivity contribution in [3.63, 3.8) is 0 Å². The van der Waals surface area contributed by atoms with Crippen molar-refractivity contribution in [1.82, 2.24) is 9.21 Å². The van der Waals surface area contributed by atoms with Crippen molar-refractivity contribution in [1.29, 1.82) is 0 Å². The first-order valence-electron chi connectivity index (χ1n) is 8.80. The first kappa shape index (κ1) is 16.9. The summed E-state index contributed by atoms with van der Waals surface area (Å²) in [5.41, 5.74) is 2.16. The van der Waals surface area contributed by atoms with E-state index in [-0.39, 0.29) is 0 Å². The molecular weight excluding hydrogens is 308 g/mol. The Hall–Kier alpha value is -0.910. The molecule has 0 radical (unpaired) electrons. The Balaban J connectivity index is 1.67. The molecule has 0 N–H and O–H groups in total. The Morgan fingerprint density at radius 1 is 0.913 bits per heavy atom. The fourth-order valence-corrected chi connectivity index (χ4v) is 5.29. The van der Waals surface area contributed by atoms with Crippen LogP contribution < -0.4 is 0 Å². The predicted octanol–water partition coefficient (Wildman–Crippen LogP) is 2.94. The highest BCUT2D eigenvalue weighted by Gasteiger charge is 2.31. The van der Waals surface area contributed by atoms with Crippen LogP contribution in [0.1, 0.15) is 43.2 Å². The molecule has 1 aromatic rings. The van der Waals surface area contributed by atoms with Gasteiger partial charge in [-0.2, -0.15) is 4.31 Å². The van der Waals surface area contributed by atoms with Crippen molar-refractivity contribution in [3.05, 3.63) is 29.3 Å². The molecule has 4 nitrogen and oxygen atoms in total. The van der Waals surface area contributed by atoms with Crippen molar-refractivity contribution in [3.8, 4) is 0 Å². The van der Waals surface area contributed by atoms with Crippen LogP contribution in [0.2, 0.25) is 0 Å². The molecule has 23 heavy (non-hydrogen) atoms. The summed E-state index contributed by atoms with van der Waals surface area (Å²) in [7, 11) is -3.35. The molecule has 1 saturated carbocycles. The summed E-state index contributed by atoms with van der Waals surface area (Å²) in [4.78, 5) is 2.94. The number of benzene rings is 1. The summed E-state index contributed by atoms with van der Waals surface area (Å²) in [5.74, 6) is 0. The molecule has 128 valence electrons. The van der Waals surface area contributed by atoms with Gasteiger partial charge in [-0.05, 0) is 49.9 Å². The number of piperazine rings is 1. The Morgan fingerprint density at radius 3 is 2.17 bits per heavy atom. The topological polar surface area (TPSA) is 40.6 Å². The lowest BCUT2D eigenvalue weighted by molar-refractivity contribution is 0.111. The third-order valence-electron chi connectivity index (χ3n) is 5.48. The molecule has 2 fully saturated rings. The van der Waals surface area contributed by atoms with E-state index in [2.05, 4.69) is 4.90 Å². The van der Waals surface area contributed by atoms with E-state index < -0.39 is 10.0 Å². The highest BCUT2D eigenvalue weighted by atomic mass is 32.2. The van der Waals surface area contributed by atoms with E-state index in [0.29, 0.717) is 24.0 Å². The van der Waals surface area contributed by atoms with E-state index in [4.69, 9.17) is 0 Å². The summed E-state index contributed by atoms with van der Waals surface area (Å²) in [6.07, 6.45) is 6.57. The zero-order chi connectivity index (χ0) is 16.4. The molecule has 1 heterocycles. The van der Waals surface area contributed by atoms with Crippen LogP contribution in [-0.2, 0) is 10.0 Å². The Bertz CT molecular complexity index is 643. The van der Waals surface area contributed by atoms with E-state index in [0.717, 1.165) is 24.2 Å². The number of aryl methyl sites for hydroxylation is 2. The third-order valence-corrected chi connectivity index (χ3v) is 7.38. The smallest absolute Gasteiger partial charge is 0.243 e. The molecule has 2 aliphatic rings. The summed E-state index contributed by atoms with van der Waals surface area (Å²) in [5, 5.41) is 0. The van der Waals surface area contributed by atoms with Gasteiger partial charge < -0.3 is 0 Å². The minimum atomic E-state index is -3.35. The lowest BCUT2D eigenvalue weighted by Gasteiger charge is -2.40. The highest BCUT2D eigenvalue weighted by Crippen LogP contribution is 2.25. The van der Waals surface area contributed by atoms with Gasteiger partial charge in [0.05, 0.1) is 4.90 Å². The molecule has 1 aliphatic carbocycles. The standard InChI is InChI=1S/C18H28N2O2S/c1-15-8-9-18(14-16(15)2)23(21,22)20-12-10-19(11-13-20)17-6-4-3-5-7-17/h8-9,14,17H,3-7,10-13H2,1-2H3. The maximum Gasteiger partial charge on any atom is 0.243 e. The molecule has 1 aromatic carbocycles. The minimum absolute atomic E-state index is 0.437. The number of hydrogen-bond donors (Lipinski definition) is 0. The number of rotatable bonds is 3.